The van der Waals surface area contributed by atoms with Gasteiger partial charge in [0.1, 0.15) is 18.0 Å². The predicted molar refractivity (Wildman–Crippen MR) is 96.7 cm³/mol. The molecule has 0 radical (unpaired) electrons. The van der Waals surface area contributed by atoms with Crippen molar-refractivity contribution >= 4 is 23.4 Å². The van der Waals surface area contributed by atoms with E-state index in [0.717, 1.165) is 41.8 Å². The molecule has 0 spiro atoms. The van der Waals surface area contributed by atoms with E-state index in [-0.39, 0.29) is 11.6 Å². The summed E-state index contributed by atoms with van der Waals surface area (Å²) in [7, 11) is 1.47. The Morgan fingerprint density at radius 1 is 1.25 bits per heavy atom. The molecule has 1 aromatic heterocycles. The van der Waals surface area contributed by atoms with Crippen molar-refractivity contribution < 1.29 is 9.13 Å². The zero-order valence-corrected chi connectivity index (χ0v) is 14.5. The van der Waals surface area contributed by atoms with Gasteiger partial charge in [0.25, 0.3) is 0 Å². The summed E-state index contributed by atoms with van der Waals surface area (Å²) in [5.41, 5.74) is 0.920. The monoisotopic (exact) mass is 348 g/mol. The molecule has 7 heteroatoms. The Hall–Kier alpha value is -2.02. The van der Waals surface area contributed by atoms with Gasteiger partial charge in [-0.3, -0.25) is 0 Å². The van der Waals surface area contributed by atoms with Gasteiger partial charge < -0.3 is 15.0 Å². The standard InChI is InChI=1S/C17H21FN4OS/c1-23-15-3-2-13(10-14(15)18)4-5-19-16-11-17(21-12-20-16)22-6-8-24-9-7-22/h2-3,10-12H,4-9H2,1H3,(H,19,20,21). The number of hydrogen-bond acceptors (Lipinski definition) is 6. The van der Waals surface area contributed by atoms with Crippen molar-refractivity contribution in [2.45, 2.75) is 6.42 Å². The molecule has 1 aliphatic heterocycles. The van der Waals surface area contributed by atoms with Gasteiger partial charge in [0.15, 0.2) is 11.6 Å². The third-order valence-electron chi connectivity index (χ3n) is 3.92. The number of ether oxygens (including phenoxy) is 1. The largest absolute Gasteiger partial charge is 0.494 e. The number of aromatic nitrogens is 2. The Bertz CT molecular complexity index is 679. The third kappa shape index (κ3) is 4.29. The lowest BCUT2D eigenvalue weighted by Gasteiger charge is -2.27. The molecule has 1 saturated heterocycles. The topological polar surface area (TPSA) is 50.3 Å². The Kier molecular flexibility index (Phi) is 5.74. The van der Waals surface area contributed by atoms with Gasteiger partial charge in [-0.15, -0.1) is 0 Å². The number of methoxy groups -OCH3 is 1. The molecule has 1 aliphatic rings. The van der Waals surface area contributed by atoms with Gasteiger partial charge in [0, 0.05) is 37.2 Å². The summed E-state index contributed by atoms with van der Waals surface area (Å²) in [5.74, 6) is 3.97. The first kappa shape index (κ1) is 16.8. The Labute approximate surface area is 145 Å². The minimum absolute atomic E-state index is 0.270. The fourth-order valence-corrected chi connectivity index (χ4v) is 3.51. The van der Waals surface area contributed by atoms with Gasteiger partial charge >= 0.3 is 0 Å². The van der Waals surface area contributed by atoms with Crippen LogP contribution in [0.4, 0.5) is 16.0 Å². The van der Waals surface area contributed by atoms with Crippen LogP contribution in [-0.2, 0) is 6.42 Å². The average Bonchev–Trinajstić information content (AvgIpc) is 2.63. The van der Waals surface area contributed by atoms with Crippen molar-refractivity contribution in [3.63, 3.8) is 0 Å². The van der Waals surface area contributed by atoms with Crippen LogP contribution in [-0.4, -0.2) is 48.2 Å². The summed E-state index contributed by atoms with van der Waals surface area (Å²) >= 11 is 1.97. The van der Waals surface area contributed by atoms with E-state index in [9.17, 15) is 4.39 Å². The van der Waals surface area contributed by atoms with Gasteiger partial charge in [0.05, 0.1) is 7.11 Å². The fourth-order valence-electron chi connectivity index (χ4n) is 2.61. The van der Waals surface area contributed by atoms with Crippen molar-refractivity contribution in [1.82, 2.24) is 9.97 Å². The summed E-state index contributed by atoms with van der Waals surface area (Å²) in [5, 5.41) is 3.28. The predicted octanol–water partition coefficient (Wildman–Crippen LogP) is 2.83. The molecule has 0 saturated carbocycles. The number of benzene rings is 1. The first-order valence-corrected chi connectivity index (χ1v) is 9.13. The molecular formula is C17H21FN4OS. The zero-order valence-electron chi connectivity index (χ0n) is 13.7. The maximum Gasteiger partial charge on any atom is 0.165 e. The maximum atomic E-state index is 13.7. The minimum Gasteiger partial charge on any atom is -0.494 e. The molecule has 1 N–H and O–H groups in total. The molecular weight excluding hydrogens is 327 g/mol. The maximum absolute atomic E-state index is 13.7. The molecule has 0 aliphatic carbocycles. The number of nitrogens with zero attached hydrogens (tertiary/aromatic N) is 3. The molecule has 0 atom stereocenters. The molecule has 2 aromatic rings. The molecule has 2 heterocycles. The number of anilines is 2. The van der Waals surface area contributed by atoms with Crippen LogP contribution in [0.1, 0.15) is 5.56 Å². The first-order chi connectivity index (χ1) is 11.8. The van der Waals surface area contributed by atoms with Crippen LogP contribution in [0, 0.1) is 5.82 Å². The second-order valence-corrected chi connectivity index (χ2v) is 6.73. The molecule has 1 aromatic carbocycles. The molecule has 24 heavy (non-hydrogen) atoms. The van der Waals surface area contributed by atoms with E-state index in [0.29, 0.717) is 13.0 Å². The smallest absolute Gasteiger partial charge is 0.165 e. The minimum atomic E-state index is -0.331. The SMILES string of the molecule is COc1ccc(CCNc2cc(N3CCSCC3)ncn2)cc1F. The number of thioether (sulfide) groups is 1. The quantitative estimate of drug-likeness (QED) is 0.866. The summed E-state index contributed by atoms with van der Waals surface area (Å²) in [6, 6.07) is 7.02. The van der Waals surface area contributed by atoms with Crippen LogP contribution in [0.3, 0.4) is 0 Å². The van der Waals surface area contributed by atoms with E-state index in [4.69, 9.17) is 4.74 Å². The second kappa shape index (κ2) is 8.19. The lowest BCUT2D eigenvalue weighted by molar-refractivity contribution is 0.386. The third-order valence-corrected chi connectivity index (χ3v) is 4.87. The molecule has 128 valence electrons. The second-order valence-electron chi connectivity index (χ2n) is 5.51. The van der Waals surface area contributed by atoms with Crippen LogP contribution >= 0.6 is 11.8 Å². The number of halogens is 1. The van der Waals surface area contributed by atoms with E-state index < -0.39 is 0 Å². The van der Waals surface area contributed by atoms with Crippen molar-refractivity contribution in [1.29, 1.82) is 0 Å². The van der Waals surface area contributed by atoms with E-state index in [1.807, 2.05) is 23.9 Å². The van der Waals surface area contributed by atoms with Gasteiger partial charge in [-0.1, -0.05) is 6.07 Å². The first-order valence-electron chi connectivity index (χ1n) is 7.97. The van der Waals surface area contributed by atoms with E-state index >= 15 is 0 Å². The van der Waals surface area contributed by atoms with E-state index in [2.05, 4.69) is 20.2 Å². The average molecular weight is 348 g/mol. The Balaban J connectivity index is 1.55. The summed E-state index contributed by atoms with van der Waals surface area (Å²) in [6.45, 7) is 2.72. The highest BCUT2D eigenvalue weighted by atomic mass is 32.2. The fraction of sp³-hybridized carbons (Fsp3) is 0.412. The Morgan fingerprint density at radius 2 is 2.08 bits per heavy atom. The van der Waals surface area contributed by atoms with Gasteiger partial charge in [0.2, 0.25) is 0 Å². The molecule has 1 fully saturated rings. The Morgan fingerprint density at radius 3 is 2.83 bits per heavy atom. The highest BCUT2D eigenvalue weighted by molar-refractivity contribution is 7.99. The van der Waals surface area contributed by atoms with E-state index in [1.165, 1.54) is 13.2 Å². The van der Waals surface area contributed by atoms with Crippen molar-refractivity contribution in [3.8, 4) is 5.75 Å². The summed E-state index contributed by atoms with van der Waals surface area (Å²) < 4.78 is 18.6. The van der Waals surface area contributed by atoms with Crippen molar-refractivity contribution in [2.75, 3.05) is 48.5 Å². The van der Waals surface area contributed by atoms with E-state index in [1.54, 1.807) is 12.4 Å². The van der Waals surface area contributed by atoms with Crippen molar-refractivity contribution in [3.05, 3.63) is 42.0 Å². The summed E-state index contributed by atoms with van der Waals surface area (Å²) in [4.78, 5) is 10.9. The molecule has 5 nitrogen and oxygen atoms in total. The van der Waals surface area contributed by atoms with Gasteiger partial charge in [-0.05, 0) is 24.1 Å². The van der Waals surface area contributed by atoms with Crippen LogP contribution in [0.5, 0.6) is 5.75 Å². The summed E-state index contributed by atoms with van der Waals surface area (Å²) in [6.07, 6.45) is 2.30. The number of rotatable bonds is 6. The van der Waals surface area contributed by atoms with Crippen LogP contribution in [0.2, 0.25) is 0 Å². The normalized spacial score (nSPS) is 14.5. The van der Waals surface area contributed by atoms with Crippen LogP contribution in [0.15, 0.2) is 30.6 Å². The van der Waals surface area contributed by atoms with Crippen LogP contribution < -0.4 is 15.0 Å². The van der Waals surface area contributed by atoms with Gasteiger partial charge in [-0.2, -0.15) is 11.8 Å². The van der Waals surface area contributed by atoms with Crippen LogP contribution in [0.25, 0.3) is 0 Å². The molecule has 3 rings (SSSR count). The highest BCUT2D eigenvalue weighted by Crippen LogP contribution is 2.20. The van der Waals surface area contributed by atoms with Gasteiger partial charge in [-0.25, -0.2) is 14.4 Å². The molecule has 0 unspecified atom stereocenters. The zero-order chi connectivity index (χ0) is 16.8. The molecule has 0 bridgehead atoms. The number of hydrogen-bond donors (Lipinski definition) is 1. The molecule has 0 amide bonds. The lowest BCUT2D eigenvalue weighted by atomic mass is 10.1. The van der Waals surface area contributed by atoms with Crippen molar-refractivity contribution in [2.24, 2.45) is 0 Å². The number of nitrogens with one attached hydrogen (secondary N) is 1. The highest BCUT2D eigenvalue weighted by Gasteiger charge is 2.12. The lowest BCUT2D eigenvalue weighted by Crippen LogP contribution is -2.33.